The summed E-state index contributed by atoms with van der Waals surface area (Å²) in [5.74, 6) is -3.24. The molecule has 1 N–H and O–H groups in total. The Labute approximate surface area is 232 Å². The van der Waals surface area contributed by atoms with E-state index in [-0.39, 0.29) is 41.3 Å². The fraction of sp³-hybridized carbons (Fsp3) is 0.333. The van der Waals surface area contributed by atoms with Gasteiger partial charge in [0.15, 0.2) is 23.1 Å². The molecule has 1 heterocycles. The molecule has 40 heavy (non-hydrogen) atoms. The molecule has 1 fully saturated rings. The van der Waals surface area contributed by atoms with Crippen molar-refractivity contribution in [1.82, 2.24) is 0 Å². The standard InChI is InChI=1S/C33H31NO6/c1-4-18-9-11-19(12-10-18)34-32(38)22-14-13-20-23(28(22)33(34)39)16-24-29(25(35)15-17(3)30(24)36)27(20)21-7-6-8-26(31(21)37)40-5-2/h6-13,15,22-23,27-28,37H,4-5,14,16H2,1-3H3/t22-,23+,27+,28-/m0/s1. The molecule has 0 spiro atoms. The summed E-state index contributed by atoms with van der Waals surface area (Å²) in [6.45, 7) is 5.82. The number of phenolic OH excluding ortho intramolecular Hbond substituents is 1. The number of phenols is 1. The number of aryl methyl sites for hydroxylation is 1. The Morgan fingerprint density at radius 2 is 1.73 bits per heavy atom. The number of hydrogen-bond donors (Lipinski definition) is 1. The number of aromatic hydroxyl groups is 1. The summed E-state index contributed by atoms with van der Waals surface area (Å²) in [6.07, 6.45) is 4.69. The summed E-state index contributed by atoms with van der Waals surface area (Å²) < 4.78 is 5.63. The van der Waals surface area contributed by atoms with E-state index in [1.807, 2.05) is 32.1 Å². The van der Waals surface area contributed by atoms with E-state index in [4.69, 9.17) is 4.74 Å². The number of ether oxygens (including phenoxy) is 1. The number of ketones is 2. The van der Waals surface area contributed by atoms with E-state index in [9.17, 15) is 24.3 Å². The van der Waals surface area contributed by atoms with E-state index in [2.05, 4.69) is 0 Å². The van der Waals surface area contributed by atoms with Crippen molar-refractivity contribution in [2.45, 2.75) is 46.0 Å². The van der Waals surface area contributed by atoms with Gasteiger partial charge in [-0.1, -0.05) is 42.8 Å². The first-order valence-electron chi connectivity index (χ1n) is 13.9. The van der Waals surface area contributed by atoms with Gasteiger partial charge in [-0.2, -0.15) is 0 Å². The third-order valence-corrected chi connectivity index (χ3v) is 8.81. The fourth-order valence-electron chi connectivity index (χ4n) is 6.92. The summed E-state index contributed by atoms with van der Waals surface area (Å²) in [5.41, 5.74) is 3.94. The second kappa shape index (κ2) is 9.73. The van der Waals surface area contributed by atoms with E-state index in [1.165, 1.54) is 11.0 Å². The second-order valence-corrected chi connectivity index (χ2v) is 10.9. The molecule has 204 valence electrons. The number of para-hydroxylation sites is 1. The van der Waals surface area contributed by atoms with E-state index < -0.39 is 23.7 Å². The van der Waals surface area contributed by atoms with Gasteiger partial charge in [0.2, 0.25) is 11.8 Å². The minimum atomic E-state index is -0.725. The number of Topliss-reactive ketones (excluding diaryl/α,β-unsaturated/α-hetero) is 1. The number of benzene rings is 2. The molecular formula is C33H31NO6. The van der Waals surface area contributed by atoms with Crippen LogP contribution in [0.4, 0.5) is 5.69 Å². The van der Waals surface area contributed by atoms with Gasteiger partial charge in [0.05, 0.1) is 24.1 Å². The molecule has 0 bridgehead atoms. The Morgan fingerprint density at radius 3 is 2.42 bits per heavy atom. The van der Waals surface area contributed by atoms with E-state index >= 15 is 0 Å². The quantitative estimate of drug-likeness (QED) is 0.328. The Morgan fingerprint density at radius 1 is 0.975 bits per heavy atom. The van der Waals surface area contributed by atoms with Crippen LogP contribution >= 0.6 is 0 Å². The number of rotatable bonds is 5. The molecule has 2 aromatic rings. The average Bonchev–Trinajstić information content (AvgIpc) is 3.21. The molecule has 4 atom stereocenters. The molecule has 4 aliphatic rings. The Kier molecular flexibility index (Phi) is 6.32. The first-order valence-corrected chi connectivity index (χ1v) is 13.9. The number of fused-ring (bicyclic) bond motifs is 3. The lowest BCUT2D eigenvalue weighted by atomic mass is 9.59. The summed E-state index contributed by atoms with van der Waals surface area (Å²) in [7, 11) is 0. The molecule has 0 unspecified atom stereocenters. The van der Waals surface area contributed by atoms with Gasteiger partial charge >= 0.3 is 0 Å². The van der Waals surface area contributed by atoms with Gasteiger partial charge in [0.25, 0.3) is 0 Å². The molecule has 2 amide bonds. The molecule has 0 aromatic heterocycles. The number of nitrogens with zero attached hydrogens (tertiary/aromatic N) is 1. The van der Waals surface area contributed by atoms with Crippen LogP contribution in [-0.2, 0) is 25.6 Å². The molecule has 0 radical (unpaired) electrons. The SMILES string of the molecule is CCOc1cccc([C@H]2C3=CC[C@@H]4C(=O)N(c5ccc(CC)cc5)C(=O)[C@@H]4[C@@H]3CC3=C2C(=O)C=C(C)C3=O)c1O. The van der Waals surface area contributed by atoms with Crippen molar-refractivity contribution in [2.24, 2.45) is 17.8 Å². The maximum Gasteiger partial charge on any atom is 0.238 e. The summed E-state index contributed by atoms with van der Waals surface area (Å²) in [6, 6.07) is 12.6. The number of carbonyl (C=O) groups is 4. The Bertz CT molecular complexity index is 1560. The molecule has 0 saturated carbocycles. The van der Waals surface area contributed by atoms with Gasteiger partial charge in [0, 0.05) is 28.2 Å². The number of allylic oxidation sites excluding steroid dienone is 6. The van der Waals surface area contributed by atoms with Crippen LogP contribution < -0.4 is 9.64 Å². The van der Waals surface area contributed by atoms with Gasteiger partial charge in [-0.05, 0) is 68.9 Å². The fourth-order valence-corrected chi connectivity index (χ4v) is 6.92. The Hall–Kier alpha value is -4.26. The van der Waals surface area contributed by atoms with Crippen LogP contribution in [0, 0.1) is 17.8 Å². The summed E-state index contributed by atoms with van der Waals surface area (Å²) in [4.78, 5) is 55.8. The first-order chi connectivity index (χ1) is 19.3. The van der Waals surface area contributed by atoms with Crippen LogP contribution in [0.3, 0.4) is 0 Å². The summed E-state index contributed by atoms with van der Waals surface area (Å²) in [5, 5.41) is 11.3. The van der Waals surface area contributed by atoms with Crippen molar-refractivity contribution >= 4 is 29.1 Å². The van der Waals surface area contributed by atoms with Gasteiger partial charge in [-0.25, -0.2) is 0 Å². The summed E-state index contributed by atoms with van der Waals surface area (Å²) >= 11 is 0. The number of imide groups is 1. The van der Waals surface area contributed by atoms with Crippen LogP contribution in [0.5, 0.6) is 11.5 Å². The van der Waals surface area contributed by atoms with Crippen LogP contribution in [-0.4, -0.2) is 35.1 Å². The van der Waals surface area contributed by atoms with Crippen LogP contribution in [0.1, 0.15) is 50.7 Å². The molecule has 6 rings (SSSR count). The lowest BCUT2D eigenvalue weighted by Crippen LogP contribution is -2.39. The van der Waals surface area contributed by atoms with E-state index in [0.717, 1.165) is 17.6 Å². The smallest absolute Gasteiger partial charge is 0.238 e. The zero-order chi connectivity index (χ0) is 28.3. The van der Waals surface area contributed by atoms with Crippen molar-refractivity contribution in [1.29, 1.82) is 0 Å². The molecule has 3 aliphatic carbocycles. The minimum absolute atomic E-state index is 0.0946. The first kappa shape index (κ1) is 26.0. The van der Waals surface area contributed by atoms with Gasteiger partial charge in [-0.15, -0.1) is 0 Å². The predicted molar refractivity (Wildman–Crippen MR) is 149 cm³/mol. The van der Waals surface area contributed by atoms with Crippen LogP contribution in [0.2, 0.25) is 0 Å². The zero-order valence-corrected chi connectivity index (χ0v) is 22.8. The maximum atomic E-state index is 14.0. The van der Waals surface area contributed by atoms with Gasteiger partial charge in [0.1, 0.15) is 0 Å². The van der Waals surface area contributed by atoms with Crippen molar-refractivity contribution < 1.29 is 29.0 Å². The van der Waals surface area contributed by atoms with Crippen molar-refractivity contribution in [3.63, 3.8) is 0 Å². The topological polar surface area (TPSA) is 101 Å². The Balaban J connectivity index is 1.48. The number of anilines is 1. The minimum Gasteiger partial charge on any atom is -0.504 e. The van der Waals surface area contributed by atoms with Gasteiger partial charge < -0.3 is 9.84 Å². The monoisotopic (exact) mass is 537 g/mol. The highest BCUT2D eigenvalue weighted by Crippen LogP contribution is 2.57. The van der Waals surface area contributed by atoms with Crippen molar-refractivity contribution in [2.75, 3.05) is 11.5 Å². The normalized spacial score (nSPS) is 25.8. The number of hydrogen-bond acceptors (Lipinski definition) is 6. The van der Waals surface area contributed by atoms with Gasteiger partial charge in [-0.3, -0.25) is 24.1 Å². The number of carbonyl (C=O) groups excluding carboxylic acids is 4. The predicted octanol–water partition coefficient (Wildman–Crippen LogP) is 4.99. The molecule has 7 heteroatoms. The maximum absolute atomic E-state index is 14.0. The highest BCUT2D eigenvalue weighted by molar-refractivity contribution is 6.25. The zero-order valence-electron chi connectivity index (χ0n) is 22.8. The molecule has 1 aliphatic heterocycles. The molecule has 1 saturated heterocycles. The van der Waals surface area contributed by atoms with Crippen molar-refractivity contribution in [3.8, 4) is 11.5 Å². The number of amides is 2. The average molecular weight is 538 g/mol. The highest BCUT2D eigenvalue weighted by Gasteiger charge is 2.56. The van der Waals surface area contributed by atoms with Crippen molar-refractivity contribution in [3.05, 3.63) is 88.0 Å². The highest BCUT2D eigenvalue weighted by atomic mass is 16.5. The third-order valence-electron chi connectivity index (χ3n) is 8.81. The lowest BCUT2D eigenvalue weighted by molar-refractivity contribution is -0.123. The van der Waals surface area contributed by atoms with E-state index in [1.54, 1.807) is 37.3 Å². The molecular weight excluding hydrogens is 506 g/mol. The molecule has 2 aromatic carbocycles. The molecule has 7 nitrogen and oxygen atoms in total. The van der Waals surface area contributed by atoms with Crippen LogP contribution in [0.15, 0.2) is 76.9 Å². The van der Waals surface area contributed by atoms with E-state index in [0.29, 0.717) is 41.0 Å². The lowest BCUT2D eigenvalue weighted by Gasteiger charge is -2.42. The second-order valence-electron chi connectivity index (χ2n) is 10.9. The third kappa shape index (κ3) is 3.79. The van der Waals surface area contributed by atoms with Crippen LogP contribution in [0.25, 0.3) is 0 Å². The largest absolute Gasteiger partial charge is 0.504 e.